The predicted molar refractivity (Wildman–Crippen MR) is 109 cm³/mol. The molecule has 0 aliphatic rings. The zero-order chi connectivity index (χ0) is 17.6. The lowest BCUT2D eigenvalue weighted by Crippen LogP contribution is -2.14. The summed E-state index contributed by atoms with van der Waals surface area (Å²) < 4.78 is 5.77. The number of nitrogens with zero attached hydrogens (tertiary/aromatic N) is 2. The van der Waals surface area contributed by atoms with Crippen LogP contribution in [0.2, 0.25) is 0 Å². The summed E-state index contributed by atoms with van der Waals surface area (Å²) in [5.74, 6) is 1.27. The molecule has 25 heavy (non-hydrogen) atoms. The molecule has 0 saturated carbocycles. The van der Waals surface area contributed by atoms with Crippen LogP contribution < -0.4 is 15.4 Å². The molecule has 0 bridgehead atoms. The van der Waals surface area contributed by atoms with Crippen LogP contribution in [0.3, 0.4) is 0 Å². The van der Waals surface area contributed by atoms with Gasteiger partial charge in [-0.3, -0.25) is 0 Å². The molecule has 8 heteroatoms. The van der Waals surface area contributed by atoms with Crippen molar-refractivity contribution in [3.63, 3.8) is 0 Å². The first kappa shape index (κ1) is 17.8. The molecule has 0 aliphatic carbocycles. The van der Waals surface area contributed by atoms with Gasteiger partial charge in [-0.1, -0.05) is 12.2 Å². The number of nitrogens with one attached hydrogen (secondary N) is 2. The summed E-state index contributed by atoms with van der Waals surface area (Å²) in [6.45, 7) is 4.64. The van der Waals surface area contributed by atoms with Crippen LogP contribution in [0.5, 0.6) is 5.88 Å². The van der Waals surface area contributed by atoms with E-state index in [0.29, 0.717) is 17.4 Å². The minimum Gasteiger partial charge on any atom is -0.475 e. The molecule has 0 fully saturated rings. The first-order valence-electron chi connectivity index (χ1n) is 7.74. The minimum absolute atomic E-state index is 0.0352. The van der Waals surface area contributed by atoms with Crippen LogP contribution >= 0.6 is 34.9 Å². The molecular weight excluding hydrogens is 372 g/mol. The van der Waals surface area contributed by atoms with Gasteiger partial charge in [-0.25, -0.2) is 4.98 Å². The first-order chi connectivity index (χ1) is 12.1. The zero-order valence-electron chi connectivity index (χ0n) is 13.9. The number of hydrogen-bond donors (Lipinski definition) is 2. The maximum absolute atomic E-state index is 5.77. The number of rotatable bonds is 7. The third-order valence-electron chi connectivity index (χ3n) is 3.13. The highest BCUT2D eigenvalue weighted by Crippen LogP contribution is 2.21. The van der Waals surface area contributed by atoms with Gasteiger partial charge in [0.2, 0.25) is 5.88 Å². The fourth-order valence-corrected chi connectivity index (χ4v) is 3.55. The van der Waals surface area contributed by atoms with E-state index in [1.54, 1.807) is 17.5 Å². The van der Waals surface area contributed by atoms with Gasteiger partial charge in [-0.15, -0.1) is 11.3 Å². The maximum Gasteiger partial charge on any atom is 0.216 e. The normalized spacial score (nSPS) is 10.7. The number of thiocarbonyl (C=S) groups is 1. The molecule has 0 aromatic carbocycles. The SMILES string of the molecule is CC(C)Oc1cc(C(=S)Nc2nccs2)cc(NCc2ccsc2)n1. The molecule has 0 aliphatic heterocycles. The highest BCUT2D eigenvalue weighted by Gasteiger charge is 2.10. The first-order valence-corrected chi connectivity index (χ1v) is 9.98. The summed E-state index contributed by atoms with van der Waals surface area (Å²) in [7, 11) is 0. The Labute approximate surface area is 160 Å². The summed E-state index contributed by atoms with van der Waals surface area (Å²) in [5.41, 5.74) is 2.05. The summed E-state index contributed by atoms with van der Waals surface area (Å²) in [5, 5.41) is 13.3. The molecule has 3 rings (SSSR count). The van der Waals surface area contributed by atoms with Crippen LogP contribution in [0.1, 0.15) is 25.0 Å². The van der Waals surface area contributed by atoms with Gasteiger partial charge < -0.3 is 15.4 Å². The van der Waals surface area contributed by atoms with Crippen molar-refractivity contribution < 1.29 is 4.74 Å². The second-order valence-electron chi connectivity index (χ2n) is 5.52. The maximum atomic E-state index is 5.77. The van der Waals surface area contributed by atoms with Gasteiger partial charge in [-0.2, -0.15) is 16.3 Å². The van der Waals surface area contributed by atoms with E-state index in [1.807, 2.05) is 31.4 Å². The van der Waals surface area contributed by atoms with Crippen molar-refractivity contribution in [1.82, 2.24) is 9.97 Å². The summed E-state index contributed by atoms with van der Waals surface area (Å²) >= 11 is 8.69. The van der Waals surface area contributed by atoms with E-state index in [4.69, 9.17) is 17.0 Å². The molecule has 0 atom stereocenters. The molecular formula is C17H18N4OS3. The van der Waals surface area contributed by atoms with E-state index in [0.717, 1.165) is 16.5 Å². The van der Waals surface area contributed by atoms with Gasteiger partial charge >= 0.3 is 0 Å². The number of pyridine rings is 1. The lowest BCUT2D eigenvalue weighted by Gasteiger charge is -2.14. The third kappa shape index (κ3) is 5.22. The third-order valence-corrected chi connectivity index (χ3v) is 4.89. The molecule has 0 radical (unpaired) electrons. The molecule has 0 amide bonds. The van der Waals surface area contributed by atoms with Crippen molar-refractivity contribution in [3.8, 4) is 5.88 Å². The Morgan fingerprint density at radius 1 is 1.32 bits per heavy atom. The average molecular weight is 391 g/mol. The van der Waals surface area contributed by atoms with Gasteiger partial charge in [0.15, 0.2) is 5.13 Å². The zero-order valence-corrected chi connectivity index (χ0v) is 16.3. The lowest BCUT2D eigenvalue weighted by atomic mass is 10.2. The summed E-state index contributed by atoms with van der Waals surface area (Å²) in [6.07, 6.45) is 1.77. The van der Waals surface area contributed by atoms with Gasteiger partial charge in [0.1, 0.15) is 10.8 Å². The molecule has 3 aromatic heterocycles. The number of hydrogen-bond acceptors (Lipinski definition) is 7. The Kier molecular flexibility index (Phi) is 5.95. The van der Waals surface area contributed by atoms with E-state index < -0.39 is 0 Å². The average Bonchev–Trinajstić information content (AvgIpc) is 3.25. The van der Waals surface area contributed by atoms with E-state index in [9.17, 15) is 0 Å². The largest absolute Gasteiger partial charge is 0.475 e. The summed E-state index contributed by atoms with van der Waals surface area (Å²) in [4.78, 5) is 9.31. The van der Waals surface area contributed by atoms with E-state index in [2.05, 4.69) is 37.4 Å². The Bertz CT molecular complexity index is 817. The molecule has 0 saturated heterocycles. The van der Waals surface area contributed by atoms with Crippen LogP contribution in [0.25, 0.3) is 0 Å². The van der Waals surface area contributed by atoms with Crippen LogP contribution in [-0.4, -0.2) is 21.1 Å². The van der Waals surface area contributed by atoms with Crippen molar-refractivity contribution in [2.24, 2.45) is 0 Å². The number of thiophene rings is 1. The molecule has 0 spiro atoms. The highest BCUT2D eigenvalue weighted by atomic mass is 32.1. The van der Waals surface area contributed by atoms with E-state index in [1.165, 1.54) is 16.9 Å². The number of aromatic nitrogens is 2. The molecule has 3 heterocycles. The van der Waals surface area contributed by atoms with Crippen LogP contribution in [0.15, 0.2) is 40.5 Å². The van der Waals surface area contributed by atoms with Gasteiger partial charge in [-0.05, 0) is 42.3 Å². The fraction of sp³-hybridized carbons (Fsp3) is 0.235. The van der Waals surface area contributed by atoms with Gasteiger partial charge in [0, 0.05) is 29.8 Å². The Hall–Kier alpha value is -2.03. The minimum atomic E-state index is 0.0352. The van der Waals surface area contributed by atoms with Gasteiger partial charge in [0.05, 0.1) is 6.10 Å². The molecule has 0 unspecified atom stereocenters. The number of anilines is 2. The monoisotopic (exact) mass is 390 g/mol. The quantitative estimate of drug-likeness (QED) is 0.566. The fourth-order valence-electron chi connectivity index (χ4n) is 2.07. The van der Waals surface area contributed by atoms with E-state index >= 15 is 0 Å². The standard InChI is InChI=1S/C17H18N4OS3/c1-11(2)22-15-8-13(16(23)21-17-18-4-6-25-17)7-14(20-15)19-9-12-3-5-24-10-12/h3-8,10-11H,9H2,1-2H3,(H,19,20)(H,18,21,23). The van der Waals surface area contributed by atoms with E-state index in [-0.39, 0.29) is 6.10 Å². The Morgan fingerprint density at radius 3 is 2.88 bits per heavy atom. The molecule has 130 valence electrons. The van der Waals surface area contributed by atoms with Crippen molar-refractivity contribution in [2.45, 2.75) is 26.5 Å². The van der Waals surface area contributed by atoms with Crippen molar-refractivity contribution in [1.29, 1.82) is 0 Å². The van der Waals surface area contributed by atoms with Crippen molar-refractivity contribution in [2.75, 3.05) is 10.6 Å². The second kappa shape index (κ2) is 8.37. The van der Waals surface area contributed by atoms with Crippen molar-refractivity contribution in [3.05, 3.63) is 51.7 Å². The second-order valence-corrected chi connectivity index (χ2v) is 7.61. The Morgan fingerprint density at radius 2 is 2.20 bits per heavy atom. The van der Waals surface area contributed by atoms with Gasteiger partial charge in [0.25, 0.3) is 0 Å². The lowest BCUT2D eigenvalue weighted by molar-refractivity contribution is 0.233. The summed E-state index contributed by atoms with van der Waals surface area (Å²) in [6, 6.07) is 5.85. The molecule has 3 aromatic rings. The van der Waals surface area contributed by atoms with Crippen LogP contribution in [-0.2, 0) is 6.54 Å². The highest BCUT2D eigenvalue weighted by molar-refractivity contribution is 7.81. The van der Waals surface area contributed by atoms with Crippen molar-refractivity contribution >= 4 is 50.8 Å². The number of thiazole rings is 1. The topological polar surface area (TPSA) is 59.1 Å². The Balaban J connectivity index is 1.79. The smallest absolute Gasteiger partial charge is 0.216 e. The predicted octanol–water partition coefficient (Wildman–Crippen LogP) is 4.79. The van der Waals surface area contributed by atoms with Crippen LogP contribution in [0, 0.1) is 0 Å². The molecule has 2 N–H and O–H groups in total. The number of ether oxygens (including phenoxy) is 1. The molecule has 5 nitrogen and oxygen atoms in total. The van der Waals surface area contributed by atoms with Crippen LogP contribution in [0.4, 0.5) is 10.9 Å².